The predicted octanol–water partition coefficient (Wildman–Crippen LogP) is 3.03. The van der Waals surface area contributed by atoms with Crippen molar-refractivity contribution in [1.82, 2.24) is 0 Å². The second-order valence-corrected chi connectivity index (χ2v) is 5.81. The normalized spacial score (nSPS) is 11.4. The van der Waals surface area contributed by atoms with Gasteiger partial charge in [0.25, 0.3) is 10.1 Å². The summed E-state index contributed by atoms with van der Waals surface area (Å²) in [5.74, 6) is -0.424. The monoisotopic (exact) mass is 280 g/mol. The smallest absolute Gasteiger partial charge is 0.269 e. The van der Waals surface area contributed by atoms with Crippen molar-refractivity contribution in [3.8, 4) is 11.1 Å². The molecule has 94 valence electrons. The molecule has 0 fully saturated rings. The van der Waals surface area contributed by atoms with Gasteiger partial charge in [-0.2, -0.15) is 8.42 Å². The second-order valence-electron chi connectivity index (χ2n) is 3.91. The molecule has 0 unspecified atom stereocenters. The van der Waals surface area contributed by atoms with Crippen molar-refractivity contribution >= 4 is 22.7 Å². The van der Waals surface area contributed by atoms with Crippen molar-refractivity contribution in [2.45, 2.75) is 10.6 Å². The van der Waals surface area contributed by atoms with E-state index in [0.717, 1.165) is 11.1 Å². The van der Waals surface area contributed by atoms with Crippen LogP contribution in [-0.2, 0) is 15.9 Å². The van der Waals surface area contributed by atoms with Crippen molar-refractivity contribution in [1.29, 1.82) is 0 Å². The first-order valence-corrected chi connectivity index (χ1v) is 7.34. The number of benzene rings is 2. The van der Waals surface area contributed by atoms with Crippen molar-refractivity contribution < 1.29 is 13.0 Å². The Morgan fingerprint density at radius 1 is 1.00 bits per heavy atom. The maximum Gasteiger partial charge on any atom is 0.269 e. The Balaban J connectivity index is 2.49. The standard InChI is InChI=1S/C13H12O3S2/c14-18(15,16)9-11-7-4-8-12(13(11)17)10-5-2-1-3-6-10/h1-8,17H,9H2,(H,14,15,16). The fraction of sp³-hybridized carbons (Fsp3) is 0.0769. The van der Waals surface area contributed by atoms with Crippen LogP contribution in [0.25, 0.3) is 11.1 Å². The van der Waals surface area contributed by atoms with Crippen LogP contribution in [-0.4, -0.2) is 13.0 Å². The highest BCUT2D eigenvalue weighted by atomic mass is 32.2. The summed E-state index contributed by atoms with van der Waals surface area (Å²) >= 11 is 4.36. The first kappa shape index (κ1) is 13.1. The number of hydrogen-bond donors (Lipinski definition) is 2. The van der Waals surface area contributed by atoms with Crippen LogP contribution in [0, 0.1) is 0 Å². The lowest BCUT2D eigenvalue weighted by Gasteiger charge is -2.09. The summed E-state index contributed by atoms with van der Waals surface area (Å²) in [4.78, 5) is 0.571. The summed E-state index contributed by atoms with van der Waals surface area (Å²) in [7, 11) is -4.05. The molecule has 1 N–H and O–H groups in total. The Labute approximate surface area is 112 Å². The van der Waals surface area contributed by atoms with Gasteiger partial charge in [0.05, 0.1) is 0 Å². The van der Waals surface area contributed by atoms with E-state index in [4.69, 9.17) is 4.55 Å². The van der Waals surface area contributed by atoms with Gasteiger partial charge in [-0.25, -0.2) is 0 Å². The molecule has 0 spiro atoms. The van der Waals surface area contributed by atoms with E-state index in [0.29, 0.717) is 10.5 Å². The van der Waals surface area contributed by atoms with Crippen LogP contribution in [0.15, 0.2) is 53.4 Å². The number of thiol groups is 1. The van der Waals surface area contributed by atoms with Gasteiger partial charge in [0.2, 0.25) is 0 Å². The van der Waals surface area contributed by atoms with Crippen LogP contribution < -0.4 is 0 Å². The summed E-state index contributed by atoms with van der Waals surface area (Å²) in [5.41, 5.74) is 2.29. The third kappa shape index (κ3) is 3.13. The summed E-state index contributed by atoms with van der Waals surface area (Å²) in [6, 6.07) is 14.8. The quantitative estimate of drug-likeness (QED) is 0.671. The molecule has 18 heavy (non-hydrogen) atoms. The first-order valence-electron chi connectivity index (χ1n) is 5.29. The average Bonchev–Trinajstić information content (AvgIpc) is 2.31. The van der Waals surface area contributed by atoms with Crippen molar-refractivity contribution in [3.05, 3.63) is 54.1 Å². The molecule has 0 aliphatic rings. The van der Waals surface area contributed by atoms with Gasteiger partial charge < -0.3 is 0 Å². The van der Waals surface area contributed by atoms with E-state index in [9.17, 15) is 8.42 Å². The first-order chi connectivity index (χ1) is 8.47. The van der Waals surface area contributed by atoms with Crippen LogP contribution in [0.5, 0.6) is 0 Å². The Bertz CT molecular complexity index is 649. The molecule has 0 bridgehead atoms. The topological polar surface area (TPSA) is 54.4 Å². The molecule has 0 aliphatic carbocycles. The lowest BCUT2D eigenvalue weighted by atomic mass is 10.0. The number of hydrogen-bond acceptors (Lipinski definition) is 3. The van der Waals surface area contributed by atoms with Gasteiger partial charge >= 0.3 is 0 Å². The summed E-state index contributed by atoms with van der Waals surface area (Å²) < 4.78 is 30.7. The number of rotatable bonds is 3. The fourth-order valence-electron chi connectivity index (χ4n) is 1.75. The highest BCUT2D eigenvalue weighted by molar-refractivity contribution is 7.85. The molecule has 2 aromatic carbocycles. The second kappa shape index (κ2) is 5.14. The zero-order valence-corrected chi connectivity index (χ0v) is 11.2. The van der Waals surface area contributed by atoms with Gasteiger partial charge in [0.1, 0.15) is 5.75 Å². The van der Waals surface area contributed by atoms with Gasteiger partial charge in [-0.15, -0.1) is 12.6 Å². The van der Waals surface area contributed by atoms with Crippen LogP contribution in [0.2, 0.25) is 0 Å². The van der Waals surface area contributed by atoms with E-state index in [-0.39, 0.29) is 0 Å². The van der Waals surface area contributed by atoms with Crippen molar-refractivity contribution in [3.63, 3.8) is 0 Å². The molecular weight excluding hydrogens is 268 g/mol. The van der Waals surface area contributed by atoms with Crippen LogP contribution in [0.4, 0.5) is 0 Å². The van der Waals surface area contributed by atoms with Gasteiger partial charge in [-0.1, -0.05) is 48.5 Å². The molecule has 0 amide bonds. The maximum atomic E-state index is 10.9. The minimum atomic E-state index is -4.05. The molecule has 0 saturated carbocycles. The molecule has 3 nitrogen and oxygen atoms in total. The summed E-state index contributed by atoms with van der Waals surface area (Å²) in [6.07, 6.45) is 0. The average molecular weight is 280 g/mol. The molecule has 0 aliphatic heterocycles. The van der Waals surface area contributed by atoms with Crippen LogP contribution >= 0.6 is 12.6 Å². The lowest BCUT2D eigenvalue weighted by Crippen LogP contribution is -2.02. The molecule has 0 radical (unpaired) electrons. The summed E-state index contributed by atoms with van der Waals surface area (Å²) in [5, 5.41) is 0. The maximum absolute atomic E-state index is 10.9. The Hall–Kier alpha value is -1.30. The van der Waals surface area contributed by atoms with Crippen LogP contribution in [0.3, 0.4) is 0 Å². The SMILES string of the molecule is O=S(=O)(O)Cc1cccc(-c2ccccc2)c1S. The molecule has 2 aromatic rings. The molecule has 5 heteroatoms. The third-order valence-electron chi connectivity index (χ3n) is 2.54. The molecule has 0 saturated heterocycles. The Kier molecular flexibility index (Phi) is 3.75. The molecule has 2 rings (SSSR count). The highest BCUT2D eigenvalue weighted by Crippen LogP contribution is 2.29. The third-order valence-corrected chi connectivity index (χ3v) is 3.75. The minimum absolute atomic E-state index is 0.424. The van der Waals surface area contributed by atoms with Gasteiger partial charge in [0.15, 0.2) is 0 Å². The molecule has 0 heterocycles. The molecule has 0 atom stereocenters. The molecule has 0 aromatic heterocycles. The molecular formula is C13H12O3S2. The zero-order valence-electron chi connectivity index (χ0n) is 9.45. The van der Waals surface area contributed by atoms with Crippen molar-refractivity contribution in [2.24, 2.45) is 0 Å². The summed E-state index contributed by atoms with van der Waals surface area (Å²) in [6.45, 7) is 0. The van der Waals surface area contributed by atoms with Crippen molar-refractivity contribution in [2.75, 3.05) is 0 Å². The highest BCUT2D eigenvalue weighted by Gasteiger charge is 2.12. The van der Waals surface area contributed by atoms with Crippen LogP contribution in [0.1, 0.15) is 5.56 Å². The Morgan fingerprint density at radius 2 is 1.67 bits per heavy atom. The van der Waals surface area contributed by atoms with E-state index in [1.54, 1.807) is 12.1 Å². The zero-order chi connectivity index (χ0) is 13.2. The minimum Gasteiger partial charge on any atom is -0.285 e. The van der Waals surface area contributed by atoms with E-state index in [1.165, 1.54) is 0 Å². The Morgan fingerprint density at radius 3 is 2.28 bits per heavy atom. The fourth-order valence-corrected chi connectivity index (χ4v) is 2.85. The van der Waals surface area contributed by atoms with Gasteiger partial charge in [0, 0.05) is 4.90 Å². The van der Waals surface area contributed by atoms with E-state index in [1.807, 2.05) is 36.4 Å². The van der Waals surface area contributed by atoms with Gasteiger partial charge in [-0.05, 0) is 16.7 Å². The van der Waals surface area contributed by atoms with E-state index >= 15 is 0 Å². The van der Waals surface area contributed by atoms with E-state index < -0.39 is 15.9 Å². The largest absolute Gasteiger partial charge is 0.285 e. The van der Waals surface area contributed by atoms with E-state index in [2.05, 4.69) is 12.6 Å². The lowest BCUT2D eigenvalue weighted by molar-refractivity contribution is 0.482. The predicted molar refractivity (Wildman–Crippen MR) is 74.4 cm³/mol. The van der Waals surface area contributed by atoms with Gasteiger partial charge in [-0.3, -0.25) is 4.55 Å².